The van der Waals surface area contributed by atoms with E-state index in [4.69, 9.17) is 4.74 Å². The maximum atomic E-state index is 12.8. The molecule has 0 unspecified atom stereocenters. The van der Waals surface area contributed by atoms with E-state index in [1.54, 1.807) is 6.92 Å². The number of ether oxygens (including phenoxy) is 1. The number of carbonyl (C=O) groups is 2. The van der Waals surface area contributed by atoms with E-state index in [1.165, 1.54) is 0 Å². The summed E-state index contributed by atoms with van der Waals surface area (Å²) in [6.45, 7) is 10.7. The van der Waals surface area contributed by atoms with Crippen LogP contribution in [-0.4, -0.2) is 28.1 Å². The van der Waals surface area contributed by atoms with E-state index in [2.05, 4.69) is 10.4 Å². The fourth-order valence-electron chi connectivity index (χ4n) is 4.19. The number of hydrogen-bond donors (Lipinski definition) is 1. The van der Waals surface area contributed by atoms with Gasteiger partial charge in [0.05, 0.1) is 23.8 Å². The number of rotatable bonds is 4. The van der Waals surface area contributed by atoms with E-state index >= 15 is 0 Å². The van der Waals surface area contributed by atoms with Gasteiger partial charge in [0.1, 0.15) is 0 Å². The summed E-state index contributed by atoms with van der Waals surface area (Å²) in [6.07, 6.45) is 2.18. The van der Waals surface area contributed by atoms with Crippen LogP contribution in [0.1, 0.15) is 62.9 Å². The molecule has 0 amide bonds. The summed E-state index contributed by atoms with van der Waals surface area (Å²) >= 11 is 0. The topological polar surface area (TPSA) is 73.2 Å². The third kappa shape index (κ3) is 2.87. The molecule has 2 aliphatic rings. The second kappa shape index (κ2) is 7.09. The van der Waals surface area contributed by atoms with Crippen molar-refractivity contribution in [3.8, 4) is 0 Å². The maximum absolute atomic E-state index is 12.8. The number of dihydropyridines is 1. The molecule has 0 radical (unpaired) electrons. The summed E-state index contributed by atoms with van der Waals surface area (Å²) < 4.78 is 7.26. The molecule has 1 aliphatic heterocycles. The summed E-state index contributed by atoms with van der Waals surface area (Å²) in [6, 6.07) is 0. The highest BCUT2D eigenvalue weighted by Gasteiger charge is 2.41. The molecular formula is C20H27N3O3. The third-order valence-corrected chi connectivity index (χ3v) is 5.30. The standard InChI is InChI=1S/C20H27N3O3/c1-6-23-13(5)16(12(4)22-23)19-17(20(25)26-7-2)11(3)21-14-9-8-10-15(24)18(14)19/h19,21H,6-10H2,1-5H3/t19-/m0/s1. The average molecular weight is 357 g/mol. The fourth-order valence-corrected chi connectivity index (χ4v) is 4.19. The molecule has 1 aliphatic carbocycles. The maximum Gasteiger partial charge on any atom is 0.336 e. The lowest BCUT2D eigenvalue weighted by Gasteiger charge is -2.34. The molecule has 2 heterocycles. The van der Waals surface area contributed by atoms with Crippen LogP contribution < -0.4 is 5.32 Å². The fraction of sp³-hybridized carbons (Fsp3) is 0.550. The van der Waals surface area contributed by atoms with E-state index in [-0.39, 0.29) is 11.8 Å². The zero-order valence-corrected chi connectivity index (χ0v) is 16.2. The minimum Gasteiger partial charge on any atom is -0.463 e. The summed E-state index contributed by atoms with van der Waals surface area (Å²) in [5, 5.41) is 7.93. The van der Waals surface area contributed by atoms with Gasteiger partial charge in [-0.1, -0.05) is 0 Å². The second-order valence-electron chi connectivity index (χ2n) is 6.89. The molecule has 26 heavy (non-hydrogen) atoms. The molecule has 1 atom stereocenters. The molecule has 1 aromatic rings. The quantitative estimate of drug-likeness (QED) is 0.839. The molecule has 1 N–H and O–H groups in total. The van der Waals surface area contributed by atoms with Gasteiger partial charge in [0.15, 0.2) is 5.78 Å². The number of nitrogens with one attached hydrogen (secondary N) is 1. The Bertz CT molecular complexity index is 830. The first-order valence-electron chi connectivity index (χ1n) is 9.35. The molecule has 0 aromatic carbocycles. The van der Waals surface area contributed by atoms with Crippen molar-refractivity contribution >= 4 is 11.8 Å². The molecule has 1 aromatic heterocycles. The van der Waals surface area contributed by atoms with Crippen LogP contribution in [0, 0.1) is 13.8 Å². The molecule has 3 rings (SSSR count). The van der Waals surface area contributed by atoms with E-state index in [9.17, 15) is 9.59 Å². The number of aryl methyl sites for hydroxylation is 2. The van der Waals surface area contributed by atoms with Crippen LogP contribution in [0.4, 0.5) is 0 Å². The number of esters is 1. The molecule has 0 saturated heterocycles. The highest BCUT2D eigenvalue weighted by molar-refractivity contribution is 6.03. The van der Waals surface area contributed by atoms with Crippen LogP contribution in [-0.2, 0) is 20.9 Å². The highest BCUT2D eigenvalue weighted by atomic mass is 16.5. The lowest BCUT2D eigenvalue weighted by Crippen LogP contribution is -2.34. The van der Waals surface area contributed by atoms with Crippen LogP contribution in [0.25, 0.3) is 0 Å². The zero-order valence-electron chi connectivity index (χ0n) is 16.2. The number of Topliss-reactive ketones (excluding diaryl/α,β-unsaturated/α-hetero) is 1. The van der Waals surface area contributed by atoms with Crippen molar-refractivity contribution in [3.63, 3.8) is 0 Å². The second-order valence-corrected chi connectivity index (χ2v) is 6.89. The van der Waals surface area contributed by atoms with Gasteiger partial charge in [0, 0.05) is 41.2 Å². The van der Waals surface area contributed by atoms with Gasteiger partial charge < -0.3 is 10.1 Å². The number of allylic oxidation sites excluding steroid dienone is 3. The van der Waals surface area contributed by atoms with Crippen molar-refractivity contribution in [2.45, 2.75) is 66.3 Å². The molecule has 140 valence electrons. The molecule has 0 fully saturated rings. The minimum atomic E-state index is -0.404. The monoisotopic (exact) mass is 357 g/mol. The van der Waals surface area contributed by atoms with E-state index in [0.717, 1.165) is 47.7 Å². The first-order chi connectivity index (χ1) is 12.4. The van der Waals surface area contributed by atoms with Crippen molar-refractivity contribution in [1.82, 2.24) is 15.1 Å². The largest absolute Gasteiger partial charge is 0.463 e. The summed E-state index contributed by atoms with van der Waals surface area (Å²) in [5.74, 6) is -0.657. The Balaban J connectivity index is 2.24. The van der Waals surface area contributed by atoms with Crippen LogP contribution in [0.5, 0.6) is 0 Å². The van der Waals surface area contributed by atoms with Crippen molar-refractivity contribution in [2.24, 2.45) is 0 Å². The Hall–Kier alpha value is -2.37. The third-order valence-electron chi connectivity index (χ3n) is 5.30. The van der Waals surface area contributed by atoms with Gasteiger partial charge in [-0.15, -0.1) is 0 Å². The van der Waals surface area contributed by atoms with Gasteiger partial charge in [-0.05, 0) is 47.5 Å². The Labute approximate surface area is 154 Å². The number of nitrogens with zero attached hydrogens (tertiary/aromatic N) is 2. The lowest BCUT2D eigenvalue weighted by molar-refractivity contribution is -0.138. The van der Waals surface area contributed by atoms with Crippen molar-refractivity contribution in [2.75, 3.05) is 6.61 Å². The molecule has 6 heteroatoms. The van der Waals surface area contributed by atoms with Gasteiger partial charge in [0.2, 0.25) is 0 Å². The molecule has 0 spiro atoms. The smallest absolute Gasteiger partial charge is 0.336 e. The Morgan fingerprint density at radius 3 is 2.62 bits per heavy atom. The summed E-state index contributed by atoms with van der Waals surface area (Å²) in [5.41, 5.74) is 5.77. The van der Waals surface area contributed by atoms with Gasteiger partial charge >= 0.3 is 5.97 Å². The lowest BCUT2D eigenvalue weighted by atomic mass is 9.74. The number of hydrogen-bond acceptors (Lipinski definition) is 5. The van der Waals surface area contributed by atoms with Crippen molar-refractivity contribution in [3.05, 3.63) is 39.5 Å². The Kier molecular flexibility index (Phi) is 5.03. The molecule has 6 nitrogen and oxygen atoms in total. The normalized spacial score (nSPS) is 20.2. The van der Waals surface area contributed by atoms with Crippen LogP contribution >= 0.6 is 0 Å². The average Bonchev–Trinajstić information content (AvgIpc) is 2.87. The zero-order chi connectivity index (χ0) is 19.0. The number of aromatic nitrogens is 2. The van der Waals surface area contributed by atoms with Crippen LogP contribution in [0.2, 0.25) is 0 Å². The molecule has 0 saturated carbocycles. The van der Waals surface area contributed by atoms with E-state index in [1.807, 2.05) is 32.4 Å². The van der Waals surface area contributed by atoms with Gasteiger partial charge in [-0.2, -0.15) is 5.10 Å². The van der Waals surface area contributed by atoms with E-state index < -0.39 is 5.92 Å². The number of carbonyl (C=O) groups excluding carboxylic acids is 2. The predicted octanol–water partition coefficient (Wildman–Crippen LogP) is 3.05. The van der Waals surface area contributed by atoms with Crippen molar-refractivity contribution < 1.29 is 14.3 Å². The number of ketones is 1. The first kappa shape index (κ1) is 18.4. The van der Waals surface area contributed by atoms with Crippen LogP contribution in [0.3, 0.4) is 0 Å². The SMILES string of the molecule is CCOC(=O)C1=C(C)NC2=C(C(=O)CCC2)[C@H]1c1c(C)nn(CC)c1C. The first-order valence-corrected chi connectivity index (χ1v) is 9.35. The Morgan fingerprint density at radius 1 is 1.27 bits per heavy atom. The molecular weight excluding hydrogens is 330 g/mol. The Morgan fingerprint density at radius 2 is 2.00 bits per heavy atom. The summed E-state index contributed by atoms with van der Waals surface area (Å²) in [4.78, 5) is 25.6. The van der Waals surface area contributed by atoms with Crippen LogP contribution in [0.15, 0.2) is 22.5 Å². The molecule has 0 bridgehead atoms. The predicted molar refractivity (Wildman–Crippen MR) is 98.5 cm³/mol. The van der Waals surface area contributed by atoms with Crippen molar-refractivity contribution in [1.29, 1.82) is 0 Å². The van der Waals surface area contributed by atoms with E-state index in [0.29, 0.717) is 24.2 Å². The minimum absolute atomic E-state index is 0.112. The van der Waals surface area contributed by atoms with Gasteiger partial charge in [-0.3, -0.25) is 9.48 Å². The summed E-state index contributed by atoms with van der Waals surface area (Å²) in [7, 11) is 0. The highest BCUT2D eigenvalue weighted by Crippen LogP contribution is 2.44. The van der Waals surface area contributed by atoms with Gasteiger partial charge in [-0.25, -0.2) is 4.79 Å². The van der Waals surface area contributed by atoms with Gasteiger partial charge in [0.25, 0.3) is 0 Å².